The van der Waals surface area contributed by atoms with Gasteiger partial charge in [-0.15, -0.1) is 0 Å². The van der Waals surface area contributed by atoms with Crippen molar-refractivity contribution in [3.63, 3.8) is 0 Å². The Labute approximate surface area is 192 Å². The highest BCUT2D eigenvalue weighted by Gasteiger charge is 2.14. The number of benzene rings is 2. The summed E-state index contributed by atoms with van der Waals surface area (Å²) >= 11 is 0. The van der Waals surface area contributed by atoms with Crippen LogP contribution in [0, 0.1) is 0 Å². The van der Waals surface area contributed by atoms with Crippen LogP contribution in [0.1, 0.15) is 69.4 Å². The minimum absolute atomic E-state index is 0.0323. The van der Waals surface area contributed by atoms with E-state index >= 15 is 0 Å². The van der Waals surface area contributed by atoms with E-state index in [2.05, 4.69) is 67.5 Å². The second-order valence-electron chi connectivity index (χ2n) is 8.91. The minimum atomic E-state index is -0.293. The third-order valence-electron chi connectivity index (χ3n) is 5.33. The molecule has 0 aliphatic carbocycles. The van der Waals surface area contributed by atoms with Gasteiger partial charge in [0.15, 0.2) is 0 Å². The summed E-state index contributed by atoms with van der Waals surface area (Å²) < 4.78 is 0. The Balaban J connectivity index is 1.82. The molecule has 2 amide bonds. The van der Waals surface area contributed by atoms with Crippen LogP contribution >= 0.6 is 0 Å². The van der Waals surface area contributed by atoms with E-state index in [1.54, 1.807) is 19.1 Å². The van der Waals surface area contributed by atoms with E-state index in [1.807, 2.05) is 24.3 Å². The number of hydrogen-bond acceptors (Lipinski definition) is 4. The van der Waals surface area contributed by atoms with Crippen LogP contribution < -0.4 is 15.6 Å². The summed E-state index contributed by atoms with van der Waals surface area (Å²) in [6.07, 6.45) is 0.126. The second kappa shape index (κ2) is 11.5. The normalized spacial score (nSPS) is 11.8. The maximum Gasteiger partial charge on any atom is 0.271 e. The SMILES string of the molecule is CCN(CC)c1ccc(CNC(=O)C/C(C)=N/NC(=O)c2ccc(C(C)(C)C)cc2)cc1. The Hall–Kier alpha value is -3.15. The number of carbonyl (C=O) groups excluding carboxylic acids is 2. The average molecular weight is 437 g/mol. The number of nitrogens with zero attached hydrogens (tertiary/aromatic N) is 2. The fourth-order valence-electron chi connectivity index (χ4n) is 3.28. The number of nitrogens with one attached hydrogen (secondary N) is 2. The molecule has 0 unspecified atom stereocenters. The maximum absolute atomic E-state index is 12.3. The molecule has 6 heteroatoms. The molecule has 0 aliphatic rings. The molecule has 0 saturated carbocycles. The Morgan fingerprint density at radius 2 is 1.53 bits per heavy atom. The van der Waals surface area contributed by atoms with Crippen LogP contribution in [0.4, 0.5) is 5.69 Å². The van der Waals surface area contributed by atoms with Gasteiger partial charge in [-0.2, -0.15) is 5.10 Å². The van der Waals surface area contributed by atoms with Gasteiger partial charge in [0, 0.05) is 36.6 Å². The summed E-state index contributed by atoms with van der Waals surface area (Å²) in [4.78, 5) is 26.8. The zero-order valence-electron chi connectivity index (χ0n) is 20.2. The Morgan fingerprint density at radius 3 is 2.06 bits per heavy atom. The van der Waals surface area contributed by atoms with Crippen LogP contribution in [0.2, 0.25) is 0 Å². The lowest BCUT2D eigenvalue weighted by molar-refractivity contribution is -0.120. The molecular formula is C26H36N4O2. The highest BCUT2D eigenvalue weighted by molar-refractivity contribution is 6.01. The summed E-state index contributed by atoms with van der Waals surface area (Å²) in [7, 11) is 0. The third kappa shape index (κ3) is 7.52. The monoisotopic (exact) mass is 436 g/mol. The van der Waals surface area contributed by atoms with Gasteiger partial charge in [-0.1, -0.05) is 45.0 Å². The van der Waals surface area contributed by atoms with Gasteiger partial charge in [0.25, 0.3) is 5.91 Å². The lowest BCUT2D eigenvalue weighted by atomic mass is 9.87. The quantitative estimate of drug-likeness (QED) is 0.444. The highest BCUT2D eigenvalue weighted by atomic mass is 16.2. The zero-order valence-corrected chi connectivity index (χ0v) is 20.2. The lowest BCUT2D eigenvalue weighted by Gasteiger charge is -2.21. The molecular weight excluding hydrogens is 400 g/mol. The Morgan fingerprint density at radius 1 is 0.938 bits per heavy atom. The second-order valence-corrected chi connectivity index (χ2v) is 8.91. The van der Waals surface area contributed by atoms with Crippen LogP contribution in [0.3, 0.4) is 0 Å². The van der Waals surface area contributed by atoms with E-state index < -0.39 is 0 Å². The molecule has 0 aromatic heterocycles. The van der Waals surface area contributed by atoms with Crippen molar-refractivity contribution in [2.75, 3.05) is 18.0 Å². The first kappa shape index (κ1) is 25.1. The first-order chi connectivity index (χ1) is 15.1. The minimum Gasteiger partial charge on any atom is -0.372 e. The molecule has 0 fully saturated rings. The third-order valence-corrected chi connectivity index (χ3v) is 5.33. The standard InChI is InChI=1S/C26H36N4O2/c1-7-30(8-2)23-15-9-20(10-16-23)18-27-24(31)17-19(3)28-29-25(32)21-11-13-22(14-12-21)26(4,5)6/h9-16H,7-8,17-18H2,1-6H3,(H,27,31)(H,29,32)/b28-19+. The lowest BCUT2D eigenvalue weighted by Crippen LogP contribution is -2.26. The number of anilines is 1. The molecule has 2 aromatic carbocycles. The van der Waals surface area contributed by atoms with Gasteiger partial charge in [-0.25, -0.2) is 5.43 Å². The van der Waals surface area contributed by atoms with Crippen molar-refractivity contribution >= 4 is 23.2 Å². The molecule has 2 rings (SSSR count). The van der Waals surface area contributed by atoms with Gasteiger partial charge in [0.1, 0.15) is 0 Å². The number of hydrogen-bond donors (Lipinski definition) is 2. The fraction of sp³-hybridized carbons (Fsp3) is 0.423. The van der Waals surface area contributed by atoms with Crippen LogP contribution in [-0.4, -0.2) is 30.6 Å². The molecule has 0 radical (unpaired) electrons. The largest absolute Gasteiger partial charge is 0.372 e. The van der Waals surface area contributed by atoms with Crippen LogP contribution in [0.5, 0.6) is 0 Å². The molecule has 0 bridgehead atoms. The highest BCUT2D eigenvalue weighted by Crippen LogP contribution is 2.22. The first-order valence-corrected chi connectivity index (χ1v) is 11.2. The predicted octanol–water partition coefficient (Wildman–Crippen LogP) is 4.64. The van der Waals surface area contributed by atoms with Gasteiger partial charge in [-0.05, 0) is 61.6 Å². The predicted molar refractivity (Wildman–Crippen MR) is 132 cm³/mol. The van der Waals surface area contributed by atoms with Crippen molar-refractivity contribution in [2.24, 2.45) is 5.10 Å². The van der Waals surface area contributed by atoms with E-state index in [1.165, 1.54) is 5.69 Å². The molecule has 0 heterocycles. The fourth-order valence-corrected chi connectivity index (χ4v) is 3.28. The molecule has 6 nitrogen and oxygen atoms in total. The molecule has 2 aromatic rings. The van der Waals surface area contributed by atoms with Crippen LogP contribution in [0.15, 0.2) is 53.6 Å². The summed E-state index contributed by atoms with van der Waals surface area (Å²) in [5, 5.41) is 6.97. The molecule has 172 valence electrons. The number of carbonyl (C=O) groups is 2. The first-order valence-electron chi connectivity index (χ1n) is 11.2. The van der Waals surface area contributed by atoms with E-state index in [9.17, 15) is 9.59 Å². The van der Waals surface area contributed by atoms with Crippen molar-refractivity contribution in [1.29, 1.82) is 0 Å². The van der Waals surface area contributed by atoms with E-state index in [0.717, 1.165) is 24.2 Å². The molecule has 0 saturated heterocycles. The van der Waals surface area contributed by atoms with E-state index in [0.29, 0.717) is 17.8 Å². The van der Waals surface area contributed by atoms with Crippen molar-refractivity contribution in [3.8, 4) is 0 Å². The van der Waals surface area contributed by atoms with Gasteiger partial charge in [0.05, 0.1) is 6.42 Å². The number of amides is 2. The molecule has 0 atom stereocenters. The summed E-state index contributed by atoms with van der Waals surface area (Å²) in [6, 6.07) is 15.7. The summed E-state index contributed by atoms with van der Waals surface area (Å²) in [5.74, 6) is -0.429. The van der Waals surface area contributed by atoms with Crippen molar-refractivity contribution < 1.29 is 9.59 Å². The molecule has 0 spiro atoms. The molecule has 2 N–H and O–H groups in total. The van der Waals surface area contributed by atoms with E-state index in [4.69, 9.17) is 0 Å². The van der Waals surface area contributed by atoms with Crippen molar-refractivity contribution in [2.45, 2.75) is 59.9 Å². The van der Waals surface area contributed by atoms with Crippen molar-refractivity contribution in [3.05, 3.63) is 65.2 Å². The van der Waals surface area contributed by atoms with Crippen LogP contribution in [-0.2, 0) is 16.8 Å². The number of hydrazone groups is 1. The van der Waals surface area contributed by atoms with Gasteiger partial charge < -0.3 is 10.2 Å². The maximum atomic E-state index is 12.3. The Kier molecular flexibility index (Phi) is 9.00. The average Bonchev–Trinajstić information content (AvgIpc) is 2.77. The number of rotatable bonds is 9. The summed E-state index contributed by atoms with van der Waals surface area (Å²) in [6.45, 7) is 14.7. The van der Waals surface area contributed by atoms with Gasteiger partial charge in [-0.3, -0.25) is 9.59 Å². The van der Waals surface area contributed by atoms with Crippen LogP contribution in [0.25, 0.3) is 0 Å². The summed E-state index contributed by atoms with van der Waals surface area (Å²) in [5.41, 5.74) is 7.01. The van der Waals surface area contributed by atoms with Gasteiger partial charge >= 0.3 is 0 Å². The van der Waals surface area contributed by atoms with Gasteiger partial charge in [0.2, 0.25) is 5.91 Å². The Bertz CT molecular complexity index is 922. The van der Waals surface area contributed by atoms with Crippen molar-refractivity contribution in [1.82, 2.24) is 10.7 Å². The van der Waals surface area contributed by atoms with E-state index in [-0.39, 0.29) is 23.7 Å². The smallest absolute Gasteiger partial charge is 0.271 e. The molecule has 0 aliphatic heterocycles. The zero-order chi connectivity index (χ0) is 23.7. The topological polar surface area (TPSA) is 73.8 Å². The molecule has 32 heavy (non-hydrogen) atoms.